The van der Waals surface area contributed by atoms with Gasteiger partial charge in [0, 0.05) is 11.6 Å². The molecule has 104 valence electrons. The van der Waals surface area contributed by atoms with Crippen molar-refractivity contribution < 1.29 is 14.3 Å². The fourth-order valence-electron chi connectivity index (χ4n) is 2.72. The zero-order valence-electron chi connectivity index (χ0n) is 11.5. The number of carbonyl (C=O) groups is 1. The second-order valence-electron chi connectivity index (χ2n) is 4.80. The van der Waals surface area contributed by atoms with Gasteiger partial charge in [-0.15, -0.1) is 0 Å². The van der Waals surface area contributed by atoms with Gasteiger partial charge in [0.2, 0.25) is 0 Å². The van der Waals surface area contributed by atoms with E-state index >= 15 is 0 Å². The minimum Gasteiger partial charge on any atom is -0.496 e. The van der Waals surface area contributed by atoms with Crippen molar-refractivity contribution in [1.82, 2.24) is 5.32 Å². The van der Waals surface area contributed by atoms with E-state index in [-0.39, 0.29) is 17.9 Å². The number of piperidine rings is 1. The van der Waals surface area contributed by atoms with Gasteiger partial charge >= 0.3 is 5.97 Å². The summed E-state index contributed by atoms with van der Waals surface area (Å²) >= 11 is 0. The molecule has 1 N–H and O–H groups in total. The van der Waals surface area contributed by atoms with Crippen molar-refractivity contribution in [2.75, 3.05) is 20.8 Å². The Hall–Kier alpha value is -1.55. The average Bonchev–Trinajstić information content (AvgIpc) is 2.49. The average molecular weight is 263 g/mol. The van der Waals surface area contributed by atoms with E-state index in [1.807, 2.05) is 24.3 Å². The van der Waals surface area contributed by atoms with E-state index in [1.165, 1.54) is 7.11 Å². The molecule has 2 rings (SSSR count). The van der Waals surface area contributed by atoms with Gasteiger partial charge in [0.1, 0.15) is 11.7 Å². The number of para-hydroxylation sites is 1. The molecule has 1 aliphatic heterocycles. The summed E-state index contributed by atoms with van der Waals surface area (Å²) in [6.45, 7) is 0.952. The molecule has 1 aromatic rings. The minimum atomic E-state index is -0.304. The number of hydrogen-bond donors (Lipinski definition) is 1. The standard InChI is InChI=1S/C15H21NO3/c1-18-13-9-4-3-7-11(13)14(15(17)19-2)12-8-5-6-10-16-12/h3-4,7,9,12,14,16H,5-6,8,10H2,1-2H3/t12-,14?/m1/s1. The number of esters is 1. The van der Waals surface area contributed by atoms with Crippen LogP contribution < -0.4 is 10.1 Å². The van der Waals surface area contributed by atoms with Crippen molar-refractivity contribution in [3.05, 3.63) is 29.8 Å². The van der Waals surface area contributed by atoms with Gasteiger partial charge in [0.15, 0.2) is 0 Å². The molecule has 2 atom stereocenters. The topological polar surface area (TPSA) is 47.6 Å². The number of methoxy groups -OCH3 is 2. The Morgan fingerprint density at radius 2 is 2.11 bits per heavy atom. The Balaban J connectivity index is 2.33. The number of benzene rings is 1. The molecule has 0 saturated carbocycles. The molecular weight excluding hydrogens is 242 g/mol. The van der Waals surface area contributed by atoms with Crippen molar-refractivity contribution in [2.45, 2.75) is 31.2 Å². The first-order chi connectivity index (χ1) is 9.27. The van der Waals surface area contributed by atoms with Crippen molar-refractivity contribution in [1.29, 1.82) is 0 Å². The number of carbonyl (C=O) groups excluding carboxylic acids is 1. The molecule has 4 nitrogen and oxygen atoms in total. The molecule has 1 aliphatic rings. The van der Waals surface area contributed by atoms with Crippen LogP contribution in [0.5, 0.6) is 5.75 Å². The molecule has 1 saturated heterocycles. The third kappa shape index (κ3) is 3.07. The van der Waals surface area contributed by atoms with E-state index in [0.29, 0.717) is 0 Å². The third-order valence-corrected chi connectivity index (χ3v) is 3.68. The second kappa shape index (κ2) is 6.57. The van der Waals surface area contributed by atoms with Gasteiger partial charge in [-0.2, -0.15) is 0 Å². The maximum atomic E-state index is 12.2. The summed E-state index contributed by atoms with van der Waals surface area (Å²) in [7, 11) is 3.06. The predicted molar refractivity (Wildman–Crippen MR) is 73.4 cm³/mol. The summed E-state index contributed by atoms with van der Waals surface area (Å²) in [4.78, 5) is 12.2. The van der Waals surface area contributed by atoms with Crippen molar-refractivity contribution in [3.8, 4) is 5.75 Å². The molecule has 0 bridgehead atoms. The lowest BCUT2D eigenvalue weighted by Crippen LogP contribution is -2.42. The summed E-state index contributed by atoms with van der Waals surface area (Å²) in [6, 6.07) is 7.78. The Bertz CT molecular complexity index is 427. The van der Waals surface area contributed by atoms with Crippen LogP contribution in [0.4, 0.5) is 0 Å². The number of nitrogens with one attached hydrogen (secondary N) is 1. The van der Waals surface area contributed by atoms with Crippen LogP contribution in [-0.4, -0.2) is 32.8 Å². The quantitative estimate of drug-likeness (QED) is 0.845. The van der Waals surface area contributed by atoms with E-state index in [2.05, 4.69) is 5.32 Å². The lowest BCUT2D eigenvalue weighted by Gasteiger charge is -2.30. The van der Waals surface area contributed by atoms with Crippen LogP contribution in [0.3, 0.4) is 0 Å². The molecule has 19 heavy (non-hydrogen) atoms. The fraction of sp³-hybridized carbons (Fsp3) is 0.533. The monoisotopic (exact) mass is 263 g/mol. The normalized spacial score (nSPS) is 20.6. The van der Waals surface area contributed by atoms with Crippen LogP contribution in [0.2, 0.25) is 0 Å². The number of rotatable bonds is 4. The number of hydrogen-bond acceptors (Lipinski definition) is 4. The summed E-state index contributed by atoms with van der Waals surface area (Å²) in [5.41, 5.74) is 0.899. The molecule has 1 heterocycles. The highest BCUT2D eigenvalue weighted by atomic mass is 16.5. The highest BCUT2D eigenvalue weighted by Gasteiger charge is 2.33. The van der Waals surface area contributed by atoms with Crippen LogP contribution in [0.15, 0.2) is 24.3 Å². The molecular formula is C15H21NO3. The van der Waals surface area contributed by atoms with Crippen LogP contribution in [0.25, 0.3) is 0 Å². The Morgan fingerprint density at radius 3 is 2.74 bits per heavy atom. The highest BCUT2D eigenvalue weighted by Crippen LogP contribution is 2.32. The Labute approximate surface area is 114 Å². The zero-order valence-corrected chi connectivity index (χ0v) is 11.5. The van der Waals surface area contributed by atoms with Gasteiger partial charge in [-0.3, -0.25) is 4.79 Å². The van der Waals surface area contributed by atoms with Gasteiger partial charge in [-0.1, -0.05) is 24.6 Å². The minimum absolute atomic E-state index is 0.123. The first-order valence-corrected chi connectivity index (χ1v) is 6.72. The van der Waals surface area contributed by atoms with Gasteiger partial charge < -0.3 is 14.8 Å². The summed E-state index contributed by atoms with van der Waals surface area (Å²) in [6.07, 6.45) is 3.29. The molecule has 0 aliphatic carbocycles. The number of ether oxygens (including phenoxy) is 2. The third-order valence-electron chi connectivity index (χ3n) is 3.68. The van der Waals surface area contributed by atoms with E-state index in [9.17, 15) is 4.79 Å². The zero-order chi connectivity index (χ0) is 13.7. The molecule has 0 radical (unpaired) electrons. The summed E-state index contributed by atoms with van der Waals surface area (Å²) < 4.78 is 10.4. The van der Waals surface area contributed by atoms with Gasteiger partial charge in [-0.05, 0) is 25.5 Å². The fourth-order valence-corrected chi connectivity index (χ4v) is 2.72. The van der Waals surface area contributed by atoms with Gasteiger partial charge in [0.25, 0.3) is 0 Å². The van der Waals surface area contributed by atoms with Crippen LogP contribution >= 0.6 is 0 Å². The van der Waals surface area contributed by atoms with E-state index in [1.54, 1.807) is 7.11 Å². The SMILES string of the molecule is COC(=O)C(c1ccccc1OC)[C@H]1CCCCN1. The Morgan fingerprint density at radius 1 is 1.32 bits per heavy atom. The molecule has 1 aromatic carbocycles. The van der Waals surface area contributed by atoms with Crippen molar-refractivity contribution in [2.24, 2.45) is 0 Å². The Kier molecular flexibility index (Phi) is 4.80. The molecule has 0 spiro atoms. The maximum Gasteiger partial charge on any atom is 0.314 e. The molecule has 4 heteroatoms. The van der Waals surface area contributed by atoms with Gasteiger partial charge in [0.05, 0.1) is 14.2 Å². The van der Waals surface area contributed by atoms with Crippen LogP contribution in [-0.2, 0) is 9.53 Å². The lowest BCUT2D eigenvalue weighted by atomic mass is 9.86. The second-order valence-corrected chi connectivity index (χ2v) is 4.80. The summed E-state index contributed by atoms with van der Waals surface area (Å²) in [5, 5.41) is 3.43. The molecule has 0 aromatic heterocycles. The molecule has 1 fully saturated rings. The van der Waals surface area contributed by atoms with Crippen LogP contribution in [0.1, 0.15) is 30.7 Å². The predicted octanol–water partition coefficient (Wildman–Crippen LogP) is 2.09. The molecule has 0 amide bonds. The first kappa shape index (κ1) is 13.9. The molecule has 1 unspecified atom stereocenters. The highest BCUT2D eigenvalue weighted by molar-refractivity contribution is 5.80. The summed E-state index contributed by atoms with van der Waals surface area (Å²) in [5.74, 6) is 0.232. The van der Waals surface area contributed by atoms with E-state index < -0.39 is 0 Å². The van der Waals surface area contributed by atoms with Crippen molar-refractivity contribution >= 4 is 5.97 Å². The van der Waals surface area contributed by atoms with Crippen molar-refractivity contribution in [3.63, 3.8) is 0 Å². The van der Waals surface area contributed by atoms with Crippen LogP contribution in [0, 0.1) is 0 Å². The lowest BCUT2D eigenvalue weighted by molar-refractivity contribution is -0.143. The maximum absolute atomic E-state index is 12.2. The van der Waals surface area contributed by atoms with E-state index in [4.69, 9.17) is 9.47 Å². The van der Waals surface area contributed by atoms with E-state index in [0.717, 1.165) is 37.1 Å². The largest absolute Gasteiger partial charge is 0.496 e. The smallest absolute Gasteiger partial charge is 0.314 e. The first-order valence-electron chi connectivity index (χ1n) is 6.72. The van der Waals surface area contributed by atoms with Gasteiger partial charge in [-0.25, -0.2) is 0 Å².